The van der Waals surface area contributed by atoms with E-state index in [1.807, 2.05) is 23.8 Å². The van der Waals surface area contributed by atoms with E-state index in [1.54, 1.807) is 0 Å². The number of hydrogen-bond acceptors (Lipinski definition) is 10. The summed E-state index contributed by atoms with van der Waals surface area (Å²) in [4.78, 5) is 17.4. The number of nitriles is 1. The largest absolute Gasteiger partial charge is 0.472 e. The lowest BCUT2D eigenvalue weighted by molar-refractivity contribution is -0.137. The molecule has 3 fully saturated rings. The van der Waals surface area contributed by atoms with Gasteiger partial charge in [0.25, 0.3) is 0 Å². The Morgan fingerprint density at radius 1 is 1.18 bits per heavy atom. The maximum Gasteiger partial charge on any atom is 0.417 e. The first kappa shape index (κ1) is 29.7. The van der Waals surface area contributed by atoms with Gasteiger partial charge in [-0.05, 0) is 58.3 Å². The SMILES string of the molecule is Cc1c(F)c(N)cc(-c2nc3c4c(nc(OC[C@H]5[C@H](C#N)CCN5C)nc4c2F)N2C[C@H]4CC[C@H](N4)[C@H]2[C@H](C)O3)c1C(F)(F)F. The molecule has 3 N–H and O–H groups in total. The number of ether oxygens (including phenoxy) is 2. The van der Waals surface area contributed by atoms with Crippen LogP contribution in [0.2, 0.25) is 0 Å². The van der Waals surface area contributed by atoms with E-state index >= 15 is 4.39 Å². The third-order valence-corrected chi connectivity index (χ3v) is 9.67. The zero-order chi connectivity index (χ0) is 31.9. The molecule has 6 heterocycles. The monoisotopic (exact) mass is 630 g/mol. The molecule has 15 heteroatoms. The van der Waals surface area contributed by atoms with Gasteiger partial charge in [0.15, 0.2) is 5.82 Å². The Labute approximate surface area is 255 Å². The molecule has 2 bridgehead atoms. The molecule has 0 aliphatic carbocycles. The first-order valence-corrected chi connectivity index (χ1v) is 14.9. The van der Waals surface area contributed by atoms with Crippen LogP contribution in [0.5, 0.6) is 11.9 Å². The smallest absolute Gasteiger partial charge is 0.417 e. The topological polar surface area (TPSA) is 125 Å². The number of halogens is 5. The molecule has 4 aliphatic heterocycles. The summed E-state index contributed by atoms with van der Waals surface area (Å²) < 4.78 is 86.7. The van der Waals surface area contributed by atoms with Crippen LogP contribution in [-0.2, 0) is 6.18 Å². The van der Waals surface area contributed by atoms with Gasteiger partial charge in [0.1, 0.15) is 40.9 Å². The molecular weight excluding hydrogens is 599 g/mol. The number of rotatable bonds is 4. The highest BCUT2D eigenvalue weighted by molar-refractivity contribution is 5.97. The Morgan fingerprint density at radius 2 is 1.96 bits per heavy atom. The number of anilines is 2. The minimum Gasteiger partial charge on any atom is -0.472 e. The predicted octanol–water partition coefficient (Wildman–Crippen LogP) is 4.19. The summed E-state index contributed by atoms with van der Waals surface area (Å²) in [6.07, 6.45) is -3.12. The van der Waals surface area contributed by atoms with Crippen LogP contribution in [0.4, 0.5) is 33.5 Å². The van der Waals surface area contributed by atoms with E-state index in [-0.39, 0.29) is 59.5 Å². The predicted molar refractivity (Wildman–Crippen MR) is 154 cm³/mol. The lowest BCUT2D eigenvalue weighted by Crippen LogP contribution is -2.62. The quantitative estimate of drug-likeness (QED) is 0.320. The zero-order valence-electron chi connectivity index (χ0n) is 24.8. The summed E-state index contributed by atoms with van der Waals surface area (Å²) in [6, 6.07) is 2.49. The number of nitrogens with two attached hydrogens (primary N) is 1. The van der Waals surface area contributed by atoms with Gasteiger partial charge in [-0.15, -0.1) is 0 Å². The van der Waals surface area contributed by atoms with Crippen LogP contribution in [0.3, 0.4) is 0 Å². The molecule has 45 heavy (non-hydrogen) atoms. The van der Waals surface area contributed by atoms with E-state index in [0.29, 0.717) is 25.3 Å². The lowest BCUT2D eigenvalue weighted by Gasteiger charge is -2.42. The van der Waals surface area contributed by atoms with Crippen molar-refractivity contribution < 1.29 is 31.4 Å². The molecule has 0 amide bonds. The van der Waals surface area contributed by atoms with E-state index in [9.17, 15) is 22.8 Å². The molecule has 238 valence electrons. The molecule has 3 saturated heterocycles. The van der Waals surface area contributed by atoms with Crippen molar-refractivity contribution in [3.05, 3.63) is 28.8 Å². The first-order chi connectivity index (χ1) is 21.4. The van der Waals surface area contributed by atoms with Crippen molar-refractivity contribution in [3.8, 4) is 29.2 Å². The summed E-state index contributed by atoms with van der Waals surface area (Å²) in [5.41, 5.74) is 1.17. The number of piperazine rings is 1. The van der Waals surface area contributed by atoms with E-state index < -0.39 is 52.0 Å². The molecule has 6 atom stereocenters. The van der Waals surface area contributed by atoms with Crippen molar-refractivity contribution in [1.29, 1.82) is 5.26 Å². The van der Waals surface area contributed by atoms with Gasteiger partial charge in [0.2, 0.25) is 5.88 Å². The number of aromatic nitrogens is 3. The van der Waals surface area contributed by atoms with Gasteiger partial charge in [0.05, 0.1) is 35.3 Å². The van der Waals surface area contributed by atoms with E-state index in [0.717, 1.165) is 25.8 Å². The van der Waals surface area contributed by atoms with Crippen molar-refractivity contribution in [2.45, 2.75) is 69.6 Å². The third-order valence-electron chi connectivity index (χ3n) is 9.67. The van der Waals surface area contributed by atoms with Crippen molar-refractivity contribution in [2.75, 3.05) is 37.4 Å². The van der Waals surface area contributed by atoms with Gasteiger partial charge in [0, 0.05) is 24.2 Å². The number of pyridine rings is 1. The number of nitrogen functional groups attached to an aromatic ring is 1. The standard InChI is InChI=1S/C30H31F5N8O2/c1-12-21(30(33,34)35)16(8-17(37)22(12)31)24-23(32)25-20-27(41-29(40-25)44-11-19-14(9-36)6-7-42(19)3)43-10-15-4-5-18(38-15)26(43)13(2)45-28(20)39-24/h8,13-15,18-19,26,38H,4-7,10-11,37H2,1-3H3/t13-,14-,15+,18-,19-,26+/m0/s1. The Balaban J connectivity index is 1.45. The average molecular weight is 631 g/mol. The average Bonchev–Trinajstić information content (AvgIpc) is 3.51. The number of nitrogens with one attached hydrogen (secondary N) is 1. The maximum atomic E-state index is 16.7. The molecule has 0 spiro atoms. The number of benzene rings is 1. The summed E-state index contributed by atoms with van der Waals surface area (Å²) in [5.74, 6) is -2.56. The minimum atomic E-state index is -5.06. The minimum absolute atomic E-state index is 0.0201. The molecule has 4 aliphatic rings. The van der Waals surface area contributed by atoms with Crippen LogP contribution in [0.25, 0.3) is 22.2 Å². The second-order valence-corrected chi connectivity index (χ2v) is 12.4. The first-order valence-electron chi connectivity index (χ1n) is 14.9. The highest BCUT2D eigenvalue weighted by Gasteiger charge is 2.47. The van der Waals surface area contributed by atoms with Crippen molar-refractivity contribution in [1.82, 2.24) is 25.2 Å². The van der Waals surface area contributed by atoms with E-state index in [4.69, 9.17) is 20.2 Å². The number of hydrogen-bond donors (Lipinski definition) is 2. The van der Waals surface area contributed by atoms with Crippen LogP contribution < -0.4 is 25.4 Å². The second kappa shape index (κ2) is 10.5. The second-order valence-electron chi connectivity index (χ2n) is 12.4. The van der Waals surface area contributed by atoms with Gasteiger partial charge in [-0.2, -0.15) is 28.4 Å². The van der Waals surface area contributed by atoms with Crippen LogP contribution in [0.1, 0.15) is 37.3 Å². The van der Waals surface area contributed by atoms with Gasteiger partial charge in [-0.25, -0.2) is 13.8 Å². The number of likely N-dealkylation sites (N-methyl/N-ethyl adjacent to an activating group) is 1. The van der Waals surface area contributed by atoms with E-state index in [2.05, 4.69) is 21.4 Å². The molecule has 0 saturated carbocycles. The summed E-state index contributed by atoms with van der Waals surface area (Å²) in [5, 5.41) is 13.3. The Kier molecular flexibility index (Phi) is 6.93. The van der Waals surface area contributed by atoms with Crippen LogP contribution in [-0.4, -0.2) is 76.9 Å². The Morgan fingerprint density at radius 3 is 2.69 bits per heavy atom. The number of alkyl halides is 3. The lowest BCUT2D eigenvalue weighted by atomic mass is 9.96. The van der Waals surface area contributed by atoms with Crippen molar-refractivity contribution in [2.24, 2.45) is 5.92 Å². The summed E-state index contributed by atoms with van der Waals surface area (Å²) >= 11 is 0. The third kappa shape index (κ3) is 4.68. The molecule has 2 aromatic heterocycles. The molecule has 1 aromatic carbocycles. The van der Waals surface area contributed by atoms with E-state index in [1.165, 1.54) is 0 Å². The number of fused-ring (bicyclic) bond motifs is 5. The molecule has 7 rings (SSSR count). The molecule has 0 radical (unpaired) electrons. The van der Waals surface area contributed by atoms with Crippen molar-refractivity contribution in [3.63, 3.8) is 0 Å². The van der Waals surface area contributed by atoms with Crippen LogP contribution in [0.15, 0.2) is 6.07 Å². The summed E-state index contributed by atoms with van der Waals surface area (Å²) in [6.45, 7) is 4.03. The fourth-order valence-corrected chi connectivity index (χ4v) is 7.47. The molecule has 10 nitrogen and oxygen atoms in total. The van der Waals surface area contributed by atoms with Crippen LogP contribution >= 0.6 is 0 Å². The Hall–Kier alpha value is -4.03. The number of nitrogens with zero attached hydrogens (tertiary/aromatic N) is 6. The molecule has 3 aromatic rings. The van der Waals surface area contributed by atoms with Gasteiger partial charge in [-0.1, -0.05) is 0 Å². The van der Waals surface area contributed by atoms with Gasteiger partial charge in [-0.3, -0.25) is 4.90 Å². The fraction of sp³-hybridized carbons (Fsp3) is 0.533. The number of likely N-dealkylation sites (tertiary alicyclic amines) is 1. The van der Waals surface area contributed by atoms with Crippen LogP contribution in [0, 0.1) is 35.8 Å². The maximum absolute atomic E-state index is 16.7. The zero-order valence-corrected chi connectivity index (χ0v) is 24.8. The normalized spacial score (nSPS) is 27.7. The highest BCUT2D eigenvalue weighted by atomic mass is 19.4. The fourth-order valence-electron chi connectivity index (χ4n) is 7.47. The van der Waals surface area contributed by atoms with Gasteiger partial charge < -0.3 is 25.4 Å². The summed E-state index contributed by atoms with van der Waals surface area (Å²) in [7, 11) is 1.87. The van der Waals surface area contributed by atoms with Gasteiger partial charge >= 0.3 is 12.2 Å². The highest BCUT2D eigenvalue weighted by Crippen LogP contribution is 2.47. The van der Waals surface area contributed by atoms with Crippen molar-refractivity contribution >= 4 is 22.4 Å². The Bertz CT molecular complexity index is 1750. The molecule has 0 unspecified atom stereocenters. The molecular formula is C30H31F5N8O2.